The molecule has 136 valence electrons. The molecular formula is C18H25N3O4. The first kappa shape index (κ1) is 18.8. The summed E-state index contributed by atoms with van der Waals surface area (Å²) in [4.78, 5) is 36.8. The molecule has 0 aliphatic carbocycles. The second-order valence-electron chi connectivity index (χ2n) is 6.10. The van der Waals surface area contributed by atoms with E-state index >= 15 is 0 Å². The summed E-state index contributed by atoms with van der Waals surface area (Å²) >= 11 is 0. The molecule has 7 nitrogen and oxygen atoms in total. The highest BCUT2D eigenvalue weighted by atomic mass is 16.6. The topological polar surface area (TPSA) is 87.7 Å². The Bertz CT molecular complexity index is 591. The van der Waals surface area contributed by atoms with Crippen LogP contribution in [0.2, 0.25) is 0 Å². The molecule has 1 aliphatic heterocycles. The monoisotopic (exact) mass is 347 g/mol. The molecule has 3 amide bonds. The molecule has 1 saturated heterocycles. The molecule has 2 rings (SSSR count). The van der Waals surface area contributed by atoms with E-state index in [1.165, 1.54) is 6.92 Å². The van der Waals surface area contributed by atoms with E-state index in [1.807, 2.05) is 30.3 Å². The lowest BCUT2D eigenvalue weighted by molar-refractivity contribution is -0.126. The first-order chi connectivity index (χ1) is 12.1. The van der Waals surface area contributed by atoms with Gasteiger partial charge in [0.1, 0.15) is 6.61 Å². The summed E-state index contributed by atoms with van der Waals surface area (Å²) in [6.07, 6.45) is 1.12. The van der Waals surface area contributed by atoms with Crippen LogP contribution in [0.15, 0.2) is 30.3 Å². The lowest BCUT2D eigenvalue weighted by atomic mass is 9.97. The second kappa shape index (κ2) is 9.66. The number of piperidine rings is 1. The highest BCUT2D eigenvalue weighted by Gasteiger charge is 2.29. The van der Waals surface area contributed by atoms with Gasteiger partial charge >= 0.3 is 6.09 Å². The van der Waals surface area contributed by atoms with Crippen LogP contribution in [0.3, 0.4) is 0 Å². The van der Waals surface area contributed by atoms with Crippen molar-refractivity contribution in [1.82, 2.24) is 15.5 Å². The van der Waals surface area contributed by atoms with Gasteiger partial charge in [0.2, 0.25) is 11.8 Å². The Kier molecular flexibility index (Phi) is 7.25. The Morgan fingerprint density at radius 3 is 2.60 bits per heavy atom. The molecule has 1 aromatic carbocycles. The Balaban J connectivity index is 1.74. The van der Waals surface area contributed by atoms with Crippen LogP contribution in [0.25, 0.3) is 0 Å². The maximum absolute atomic E-state index is 12.2. The van der Waals surface area contributed by atoms with Gasteiger partial charge in [0.15, 0.2) is 0 Å². The molecule has 0 saturated carbocycles. The summed E-state index contributed by atoms with van der Waals surface area (Å²) in [5.74, 6) is -0.458. The summed E-state index contributed by atoms with van der Waals surface area (Å²) in [6.45, 7) is 3.40. The molecule has 2 N–H and O–H groups in total. The maximum Gasteiger partial charge on any atom is 0.410 e. The third-order valence-corrected chi connectivity index (χ3v) is 4.05. The number of carbonyl (C=O) groups is 3. The molecule has 0 radical (unpaired) electrons. The Morgan fingerprint density at radius 2 is 1.88 bits per heavy atom. The smallest absolute Gasteiger partial charge is 0.410 e. The molecule has 1 aromatic rings. The minimum atomic E-state index is -0.389. The summed E-state index contributed by atoms with van der Waals surface area (Å²) in [7, 11) is 0. The number of nitrogens with one attached hydrogen (secondary N) is 2. The van der Waals surface area contributed by atoms with Crippen LogP contribution < -0.4 is 10.6 Å². The molecule has 1 atom stereocenters. The summed E-state index contributed by atoms with van der Waals surface area (Å²) in [6, 6.07) is 9.49. The SMILES string of the molecule is CC(=O)NCCNC(=O)C1CCCN(C(=O)OCc2ccccc2)C1. The molecule has 0 aromatic heterocycles. The molecule has 0 spiro atoms. The molecule has 0 bridgehead atoms. The minimum absolute atomic E-state index is 0.0917. The third-order valence-electron chi connectivity index (χ3n) is 4.05. The highest BCUT2D eigenvalue weighted by molar-refractivity contribution is 5.80. The van der Waals surface area contributed by atoms with Crippen LogP contribution >= 0.6 is 0 Å². The van der Waals surface area contributed by atoms with E-state index in [-0.39, 0.29) is 30.4 Å². The van der Waals surface area contributed by atoms with Crippen LogP contribution in [0, 0.1) is 5.92 Å². The Morgan fingerprint density at radius 1 is 1.16 bits per heavy atom. The number of amides is 3. The first-order valence-electron chi connectivity index (χ1n) is 8.54. The van der Waals surface area contributed by atoms with Crippen LogP contribution in [-0.2, 0) is 20.9 Å². The molecule has 1 fully saturated rings. The number of hydrogen-bond donors (Lipinski definition) is 2. The van der Waals surface area contributed by atoms with Crippen molar-refractivity contribution < 1.29 is 19.1 Å². The van der Waals surface area contributed by atoms with E-state index < -0.39 is 0 Å². The van der Waals surface area contributed by atoms with E-state index in [2.05, 4.69) is 10.6 Å². The quantitative estimate of drug-likeness (QED) is 0.759. The molecule has 1 heterocycles. The predicted octanol–water partition coefficient (Wildman–Crippen LogP) is 1.29. The molecule has 1 unspecified atom stereocenters. The van der Waals surface area contributed by atoms with Gasteiger partial charge in [0.25, 0.3) is 0 Å². The Hall–Kier alpha value is -2.57. The van der Waals surface area contributed by atoms with Gasteiger partial charge < -0.3 is 20.3 Å². The van der Waals surface area contributed by atoms with Gasteiger partial charge in [-0.3, -0.25) is 9.59 Å². The van der Waals surface area contributed by atoms with Gasteiger partial charge in [-0.25, -0.2) is 4.79 Å². The number of benzene rings is 1. The standard InChI is InChI=1S/C18H25N3O4/c1-14(22)19-9-10-20-17(23)16-8-5-11-21(12-16)18(24)25-13-15-6-3-2-4-7-15/h2-4,6-7,16H,5,8-13H2,1H3,(H,19,22)(H,20,23). The number of nitrogens with zero attached hydrogens (tertiary/aromatic N) is 1. The van der Waals surface area contributed by atoms with Gasteiger partial charge in [-0.05, 0) is 18.4 Å². The Labute approximate surface area is 147 Å². The van der Waals surface area contributed by atoms with Gasteiger partial charge in [-0.1, -0.05) is 30.3 Å². The van der Waals surface area contributed by atoms with Gasteiger partial charge in [0, 0.05) is 33.1 Å². The van der Waals surface area contributed by atoms with Crippen molar-refractivity contribution in [2.24, 2.45) is 5.92 Å². The van der Waals surface area contributed by atoms with Crippen molar-refractivity contribution in [2.75, 3.05) is 26.2 Å². The minimum Gasteiger partial charge on any atom is -0.445 e. The van der Waals surface area contributed by atoms with E-state index in [4.69, 9.17) is 4.74 Å². The predicted molar refractivity (Wildman–Crippen MR) is 92.6 cm³/mol. The lowest BCUT2D eigenvalue weighted by Crippen LogP contribution is -2.46. The largest absolute Gasteiger partial charge is 0.445 e. The fourth-order valence-electron chi connectivity index (χ4n) is 2.74. The van der Waals surface area contributed by atoms with Gasteiger partial charge in [0.05, 0.1) is 5.92 Å². The number of likely N-dealkylation sites (tertiary alicyclic amines) is 1. The molecular weight excluding hydrogens is 322 g/mol. The van der Waals surface area contributed by atoms with Crippen molar-refractivity contribution in [3.63, 3.8) is 0 Å². The van der Waals surface area contributed by atoms with Crippen LogP contribution in [0.1, 0.15) is 25.3 Å². The van der Waals surface area contributed by atoms with E-state index in [0.29, 0.717) is 26.2 Å². The summed E-state index contributed by atoms with van der Waals surface area (Å²) in [5, 5.41) is 5.42. The number of rotatable bonds is 6. The van der Waals surface area contributed by atoms with E-state index in [1.54, 1.807) is 4.90 Å². The maximum atomic E-state index is 12.2. The van der Waals surface area contributed by atoms with E-state index in [9.17, 15) is 14.4 Å². The highest BCUT2D eigenvalue weighted by Crippen LogP contribution is 2.17. The lowest BCUT2D eigenvalue weighted by Gasteiger charge is -2.31. The summed E-state index contributed by atoms with van der Waals surface area (Å²) < 4.78 is 5.33. The van der Waals surface area contributed by atoms with Crippen LogP contribution in [-0.4, -0.2) is 49.0 Å². The van der Waals surface area contributed by atoms with Crippen molar-refractivity contribution in [1.29, 1.82) is 0 Å². The van der Waals surface area contributed by atoms with Gasteiger partial charge in [-0.2, -0.15) is 0 Å². The fraction of sp³-hybridized carbons (Fsp3) is 0.500. The number of carbonyl (C=O) groups excluding carboxylic acids is 3. The fourth-order valence-corrected chi connectivity index (χ4v) is 2.74. The van der Waals surface area contributed by atoms with Crippen molar-refractivity contribution in [3.05, 3.63) is 35.9 Å². The molecule has 1 aliphatic rings. The molecule has 25 heavy (non-hydrogen) atoms. The zero-order chi connectivity index (χ0) is 18.1. The van der Waals surface area contributed by atoms with Crippen LogP contribution in [0.4, 0.5) is 4.79 Å². The van der Waals surface area contributed by atoms with E-state index in [0.717, 1.165) is 18.4 Å². The average Bonchev–Trinajstić information content (AvgIpc) is 2.64. The number of ether oxygens (including phenoxy) is 1. The third kappa shape index (κ3) is 6.45. The zero-order valence-electron chi connectivity index (χ0n) is 14.5. The number of hydrogen-bond acceptors (Lipinski definition) is 4. The average molecular weight is 347 g/mol. The second-order valence-corrected chi connectivity index (χ2v) is 6.10. The van der Waals surface area contributed by atoms with Gasteiger partial charge in [-0.15, -0.1) is 0 Å². The van der Waals surface area contributed by atoms with Crippen molar-refractivity contribution in [3.8, 4) is 0 Å². The van der Waals surface area contributed by atoms with Crippen LogP contribution in [0.5, 0.6) is 0 Å². The zero-order valence-corrected chi connectivity index (χ0v) is 14.5. The first-order valence-corrected chi connectivity index (χ1v) is 8.54. The van der Waals surface area contributed by atoms with Crippen molar-refractivity contribution in [2.45, 2.75) is 26.4 Å². The normalized spacial score (nSPS) is 16.8. The van der Waals surface area contributed by atoms with Crippen molar-refractivity contribution >= 4 is 17.9 Å². The molecule has 7 heteroatoms. The summed E-state index contributed by atoms with van der Waals surface area (Å²) in [5.41, 5.74) is 0.931.